The highest BCUT2D eigenvalue weighted by molar-refractivity contribution is 7.17. The molecule has 0 bridgehead atoms. The maximum absolute atomic E-state index is 12.9. The van der Waals surface area contributed by atoms with Gasteiger partial charge in [-0.15, -0.1) is 11.3 Å². The molecular weight excluding hydrogens is 350 g/mol. The van der Waals surface area contributed by atoms with Crippen LogP contribution < -0.4 is 16.0 Å². The third-order valence-electron chi connectivity index (χ3n) is 5.33. The molecule has 1 atom stereocenters. The van der Waals surface area contributed by atoms with Crippen molar-refractivity contribution in [2.75, 3.05) is 11.9 Å². The van der Waals surface area contributed by atoms with Crippen LogP contribution in [-0.4, -0.2) is 30.3 Å². The maximum atomic E-state index is 12.9. The first-order valence-electron chi connectivity index (χ1n) is 9.52. The van der Waals surface area contributed by atoms with Crippen molar-refractivity contribution < 1.29 is 14.4 Å². The SMILES string of the molecule is CC(=O)NC1CCc2sc(NC(=O)C3CC3)c(C(=O)NCC3CC3)c2C1. The lowest BCUT2D eigenvalue weighted by Gasteiger charge is -2.23. The topological polar surface area (TPSA) is 87.3 Å². The molecule has 0 aliphatic heterocycles. The quantitative estimate of drug-likeness (QED) is 0.712. The van der Waals surface area contributed by atoms with Crippen molar-refractivity contribution in [3.05, 3.63) is 16.0 Å². The predicted octanol–water partition coefficient (Wildman–Crippen LogP) is 2.23. The van der Waals surface area contributed by atoms with Gasteiger partial charge in [0, 0.05) is 30.3 Å². The fraction of sp³-hybridized carbons (Fsp3) is 0.632. The van der Waals surface area contributed by atoms with Crippen LogP contribution in [0.3, 0.4) is 0 Å². The number of rotatable bonds is 6. The number of carbonyl (C=O) groups excluding carboxylic acids is 3. The van der Waals surface area contributed by atoms with Gasteiger partial charge in [0.15, 0.2) is 0 Å². The van der Waals surface area contributed by atoms with E-state index in [-0.39, 0.29) is 29.7 Å². The van der Waals surface area contributed by atoms with Gasteiger partial charge in [0.25, 0.3) is 5.91 Å². The Hall–Kier alpha value is -1.89. The van der Waals surface area contributed by atoms with Gasteiger partial charge in [-0.3, -0.25) is 14.4 Å². The summed E-state index contributed by atoms with van der Waals surface area (Å²) < 4.78 is 0. The average molecular weight is 375 g/mol. The second kappa shape index (κ2) is 7.02. The molecule has 3 amide bonds. The number of thiophene rings is 1. The Labute approximate surface area is 157 Å². The van der Waals surface area contributed by atoms with Crippen LogP contribution in [0.4, 0.5) is 5.00 Å². The van der Waals surface area contributed by atoms with Gasteiger partial charge in [-0.1, -0.05) is 0 Å². The van der Waals surface area contributed by atoms with Crippen LogP contribution in [0.2, 0.25) is 0 Å². The first kappa shape index (κ1) is 17.5. The van der Waals surface area contributed by atoms with Crippen molar-refractivity contribution >= 4 is 34.1 Å². The molecule has 1 unspecified atom stereocenters. The van der Waals surface area contributed by atoms with Crippen molar-refractivity contribution in [1.29, 1.82) is 0 Å². The highest BCUT2D eigenvalue weighted by atomic mass is 32.1. The van der Waals surface area contributed by atoms with Gasteiger partial charge < -0.3 is 16.0 Å². The number of aryl methyl sites for hydroxylation is 1. The van der Waals surface area contributed by atoms with Crippen LogP contribution in [0.5, 0.6) is 0 Å². The smallest absolute Gasteiger partial charge is 0.254 e. The van der Waals surface area contributed by atoms with E-state index in [4.69, 9.17) is 0 Å². The number of carbonyl (C=O) groups is 3. The summed E-state index contributed by atoms with van der Waals surface area (Å²) in [5, 5.41) is 9.70. The minimum absolute atomic E-state index is 0.0262. The summed E-state index contributed by atoms with van der Waals surface area (Å²) in [6.07, 6.45) is 6.57. The first-order valence-corrected chi connectivity index (χ1v) is 10.3. The summed E-state index contributed by atoms with van der Waals surface area (Å²) in [4.78, 5) is 37.7. The monoisotopic (exact) mass is 375 g/mol. The van der Waals surface area contributed by atoms with Crippen LogP contribution in [0.1, 0.15) is 59.8 Å². The number of amides is 3. The molecule has 3 aliphatic carbocycles. The molecule has 1 heterocycles. The maximum Gasteiger partial charge on any atom is 0.254 e. The Morgan fingerprint density at radius 1 is 1.12 bits per heavy atom. The van der Waals surface area contributed by atoms with E-state index in [1.165, 1.54) is 31.1 Å². The van der Waals surface area contributed by atoms with Crippen molar-refractivity contribution in [3.8, 4) is 0 Å². The largest absolute Gasteiger partial charge is 0.353 e. The normalized spacial score (nSPS) is 21.7. The van der Waals surface area contributed by atoms with E-state index in [2.05, 4.69) is 16.0 Å². The lowest BCUT2D eigenvalue weighted by molar-refractivity contribution is -0.120. The van der Waals surface area contributed by atoms with E-state index < -0.39 is 0 Å². The van der Waals surface area contributed by atoms with Crippen molar-refractivity contribution in [2.45, 2.75) is 57.9 Å². The summed E-state index contributed by atoms with van der Waals surface area (Å²) in [5.74, 6) is 0.589. The fourth-order valence-electron chi connectivity index (χ4n) is 3.53. The van der Waals surface area contributed by atoms with E-state index in [9.17, 15) is 14.4 Å². The number of fused-ring (bicyclic) bond motifs is 1. The lowest BCUT2D eigenvalue weighted by atomic mass is 9.91. The molecule has 0 aromatic carbocycles. The summed E-state index contributed by atoms with van der Waals surface area (Å²) in [5.41, 5.74) is 1.62. The molecule has 2 saturated carbocycles. The zero-order chi connectivity index (χ0) is 18.3. The molecule has 4 rings (SSSR count). The molecule has 3 aliphatic rings. The van der Waals surface area contributed by atoms with Crippen molar-refractivity contribution in [2.24, 2.45) is 11.8 Å². The van der Waals surface area contributed by atoms with Crippen LogP contribution in [-0.2, 0) is 22.4 Å². The van der Waals surface area contributed by atoms with Crippen molar-refractivity contribution in [1.82, 2.24) is 10.6 Å². The molecule has 26 heavy (non-hydrogen) atoms. The molecule has 0 saturated heterocycles. The Bertz CT molecular complexity index is 749. The lowest BCUT2D eigenvalue weighted by Crippen LogP contribution is -2.38. The zero-order valence-electron chi connectivity index (χ0n) is 15.0. The molecule has 140 valence electrons. The van der Waals surface area contributed by atoms with Gasteiger partial charge in [0.05, 0.1) is 5.56 Å². The van der Waals surface area contributed by atoms with Gasteiger partial charge >= 0.3 is 0 Å². The number of hydrogen-bond donors (Lipinski definition) is 3. The number of hydrogen-bond acceptors (Lipinski definition) is 4. The third kappa shape index (κ3) is 3.92. The molecule has 0 radical (unpaired) electrons. The first-order chi connectivity index (χ1) is 12.5. The van der Waals surface area contributed by atoms with Gasteiger partial charge in [-0.25, -0.2) is 0 Å². The minimum atomic E-state index is -0.0935. The highest BCUT2D eigenvalue weighted by Gasteiger charge is 2.34. The fourth-order valence-corrected chi connectivity index (χ4v) is 4.77. The van der Waals surface area contributed by atoms with Crippen LogP contribution in [0, 0.1) is 11.8 Å². The minimum Gasteiger partial charge on any atom is -0.353 e. The van der Waals surface area contributed by atoms with E-state index in [0.29, 0.717) is 29.4 Å². The molecule has 1 aromatic heterocycles. The van der Waals surface area contributed by atoms with Gasteiger partial charge in [-0.2, -0.15) is 0 Å². The third-order valence-corrected chi connectivity index (χ3v) is 6.54. The van der Waals surface area contributed by atoms with E-state index in [0.717, 1.165) is 36.1 Å². The molecule has 0 spiro atoms. The van der Waals surface area contributed by atoms with Crippen LogP contribution >= 0.6 is 11.3 Å². The summed E-state index contributed by atoms with van der Waals surface area (Å²) in [7, 11) is 0. The molecule has 1 aromatic rings. The van der Waals surface area contributed by atoms with Crippen LogP contribution in [0.15, 0.2) is 0 Å². The number of anilines is 1. The Balaban J connectivity index is 1.58. The Kier molecular flexibility index (Phi) is 4.73. The summed E-state index contributed by atoms with van der Waals surface area (Å²) >= 11 is 1.53. The molecular formula is C19H25N3O3S. The Morgan fingerprint density at radius 3 is 2.54 bits per heavy atom. The summed E-state index contributed by atoms with van der Waals surface area (Å²) in [6, 6.07) is 0.0524. The standard InChI is InChI=1S/C19H25N3O3S/c1-10(23)21-13-6-7-15-14(8-13)16(18(25)20-9-11-2-3-11)19(26-15)22-17(24)12-4-5-12/h11-13H,2-9H2,1H3,(H,20,25)(H,21,23)(H,22,24). The number of nitrogens with one attached hydrogen (secondary N) is 3. The predicted molar refractivity (Wildman–Crippen MR) is 100 cm³/mol. The van der Waals surface area contributed by atoms with Gasteiger partial charge in [0.1, 0.15) is 5.00 Å². The van der Waals surface area contributed by atoms with E-state index in [1.807, 2.05) is 0 Å². The second-order valence-corrected chi connectivity index (χ2v) is 8.87. The van der Waals surface area contributed by atoms with Gasteiger partial charge in [-0.05, 0) is 56.4 Å². The van der Waals surface area contributed by atoms with Gasteiger partial charge in [0.2, 0.25) is 11.8 Å². The van der Waals surface area contributed by atoms with Crippen molar-refractivity contribution in [3.63, 3.8) is 0 Å². The highest BCUT2D eigenvalue weighted by Crippen LogP contribution is 2.40. The Morgan fingerprint density at radius 2 is 1.88 bits per heavy atom. The molecule has 7 heteroatoms. The van der Waals surface area contributed by atoms with E-state index >= 15 is 0 Å². The zero-order valence-corrected chi connectivity index (χ0v) is 15.8. The second-order valence-electron chi connectivity index (χ2n) is 7.77. The molecule has 2 fully saturated rings. The molecule has 6 nitrogen and oxygen atoms in total. The molecule has 3 N–H and O–H groups in total. The van der Waals surface area contributed by atoms with E-state index in [1.54, 1.807) is 0 Å². The average Bonchev–Trinajstić information content (AvgIpc) is 3.49. The summed E-state index contributed by atoms with van der Waals surface area (Å²) in [6.45, 7) is 2.22. The van der Waals surface area contributed by atoms with Crippen LogP contribution in [0.25, 0.3) is 0 Å².